The number of carboxylic acids is 1. The van der Waals surface area contributed by atoms with Crippen molar-refractivity contribution in [3.63, 3.8) is 0 Å². The van der Waals surface area contributed by atoms with E-state index in [9.17, 15) is 4.79 Å². The van der Waals surface area contributed by atoms with Gasteiger partial charge in [-0.25, -0.2) is 0 Å². The minimum atomic E-state index is -0.762. The van der Waals surface area contributed by atoms with Gasteiger partial charge in [-0.1, -0.05) is 26.0 Å². The molecule has 0 aliphatic heterocycles. The summed E-state index contributed by atoms with van der Waals surface area (Å²) in [7, 11) is 0. The zero-order chi connectivity index (χ0) is 10.3. The number of hydrogen-bond acceptors (Lipinski definition) is 2. The van der Waals surface area contributed by atoms with Gasteiger partial charge in [0, 0.05) is 6.54 Å². The third kappa shape index (κ3) is 3.19. The quantitative estimate of drug-likeness (QED) is 0.620. The molecular formula is C10H19NO2. The standard InChI is InChI=1S/C10H19NO2/c1-4-7-8-11-10(5-2,6-3)9(12)13/h4,7,11H,5-6,8H2,1-3H3,(H,12,13). The van der Waals surface area contributed by atoms with Crippen molar-refractivity contribution in [3.05, 3.63) is 12.2 Å². The van der Waals surface area contributed by atoms with Gasteiger partial charge in [0.15, 0.2) is 0 Å². The maximum atomic E-state index is 11.0. The summed E-state index contributed by atoms with van der Waals surface area (Å²) in [6.07, 6.45) is 5.04. The summed E-state index contributed by atoms with van der Waals surface area (Å²) in [6, 6.07) is 0. The lowest BCUT2D eigenvalue weighted by molar-refractivity contribution is -0.145. The van der Waals surface area contributed by atoms with Crippen molar-refractivity contribution in [2.24, 2.45) is 0 Å². The van der Waals surface area contributed by atoms with Gasteiger partial charge in [0.1, 0.15) is 5.54 Å². The number of nitrogens with one attached hydrogen (secondary N) is 1. The fourth-order valence-electron chi connectivity index (χ4n) is 1.25. The van der Waals surface area contributed by atoms with Gasteiger partial charge in [0.2, 0.25) is 0 Å². The molecule has 0 bridgehead atoms. The number of carboxylic acid groups (broad SMARTS) is 1. The van der Waals surface area contributed by atoms with E-state index in [1.807, 2.05) is 32.9 Å². The van der Waals surface area contributed by atoms with E-state index in [2.05, 4.69) is 5.32 Å². The summed E-state index contributed by atoms with van der Waals surface area (Å²) < 4.78 is 0. The average molecular weight is 185 g/mol. The number of hydrogen-bond donors (Lipinski definition) is 2. The highest BCUT2D eigenvalue weighted by Crippen LogP contribution is 2.14. The van der Waals surface area contributed by atoms with Crippen LogP contribution in [0.3, 0.4) is 0 Å². The largest absolute Gasteiger partial charge is 0.480 e. The van der Waals surface area contributed by atoms with Gasteiger partial charge in [0.25, 0.3) is 0 Å². The van der Waals surface area contributed by atoms with Crippen LogP contribution in [-0.4, -0.2) is 23.2 Å². The number of carbonyl (C=O) groups is 1. The fourth-order valence-corrected chi connectivity index (χ4v) is 1.25. The van der Waals surface area contributed by atoms with Gasteiger partial charge in [-0.3, -0.25) is 10.1 Å². The van der Waals surface area contributed by atoms with Crippen LogP contribution in [0, 0.1) is 0 Å². The summed E-state index contributed by atoms with van der Waals surface area (Å²) in [6.45, 7) is 6.31. The van der Waals surface area contributed by atoms with E-state index in [0.29, 0.717) is 19.4 Å². The van der Waals surface area contributed by atoms with E-state index in [1.165, 1.54) is 0 Å². The first-order valence-corrected chi connectivity index (χ1v) is 4.72. The first-order valence-electron chi connectivity index (χ1n) is 4.72. The Morgan fingerprint density at radius 1 is 1.46 bits per heavy atom. The van der Waals surface area contributed by atoms with E-state index in [4.69, 9.17) is 5.11 Å². The smallest absolute Gasteiger partial charge is 0.323 e. The Bertz CT molecular complexity index is 183. The zero-order valence-corrected chi connectivity index (χ0v) is 8.63. The molecule has 76 valence electrons. The molecule has 0 fully saturated rings. The SMILES string of the molecule is CC=CCNC(CC)(CC)C(=O)O. The molecule has 0 radical (unpaired) electrons. The molecule has 0 rings (SSSR count). The van der Waals surface area contributed by atoms with E-state index in [-0.39, 0.29) is 0 Å². The molecule has 0 aliphatic rings. The Balaban J connectivity index is 4.30. The van der Waals surface area contributed by atoms with Crippen LogP contribution in [0.2, 0.25) is 0 Å². The molecule has 0 aliphatic carbocycles. The lowest BCUT2D eigenvalue weighted by Crippen LogP contribution is -2.51. The highest BCUT2D eigenvalue weighted by molar-refractivity contribution is 5.78. The summed E-state index contributed by atoms with van der Waals surface area (Å²) in [4.78, 5) is 11.0. The van der Waals surface area contributed by atoms with Crippen molar-refractivity contribution >= 4 is 5.97 Å². The molecule has 0 amide bonds. The highest BCUT2D eigenvalue weighted by Gasteiger charge is 2.33. The van der Waals surface area contributed by atoms with Crippen molar-refractivity contribution in [3.8, 4) is 0 Å². The molecule has 2 N–H and O–H groups in total. The van der Waals surface area contributed by atoms with Crippen LogP contribution in [0.1, 0.15) is 33.6 Å². The van der Waals surface area contributed by atoms with Gasteiger partial charge < -0.3 is 5.11 Å². The molecule has 0 aromatic heterocycles. The summed E-state index contributed by atoms with van der Waals surface area (Å²) in [5.74, 6) is -0.762. The molecule has 0 aromatic carbocycles. The minimum absolute atomic E-state index is 0.608. The first-order chi connectivity index (χ1) is 6.13. The third-order valence-electron chi connectivity index (χ3n) is 2.41. The van der Waals surface area contributed by atoms with Gasteiger partial charge in [-0.2, -0.15) is 0 Å². The molecule has 3 nitrogen and oxygen atoms in total. The van der Waals surface area contributed by atoms with Crippen molar-refractivity contribution in [1.29, 1.82) is 0 Å². The van der Waals surface area contributed by atoms with Crippen LogP contribution in [0.5, 0.6) is 0 Å². The summed E-state index contributed by atoms with van der Waals surface area (Å²) >= 11 is 0. The van der Waals surface area contributed by atoms with Crippen molar-refractivity contribution < 1.29 is 9.90 Å². The Hall–Kier alpha value is -0.830. The number of allylic oxidation sites excluding steroid dienone is 1. The first kappa shape index (κ1) is 12.2. The second-order valence-corrected chi connectivity index (χ2v) is 3.04. The Morgan fingerprint density at radius 2 is 2.00 bits per heavy atom. The lowest BCUT2D eigenvalue weighted by Gasteiger charge is -2.27. The fraction of sp³-hybridized carbons (Fsp3) is 0.700. The van der Waals surface area contributed by atoms with E-state index >= 15 is 0 Å². The topological polar surface area (TPSA) is 49.3 Å². The normalized spacial score (nSPS) is 12.2. The molecule has 3 heteroatoms. The molecule has 0 unspecified atom stereocenters. The van der Waals surface area contributed by atoms with Crippen LogP contribution < -0.4 is 5.32 Å². The monoisotopic (exact) mass is 185 g/mol. The molecule has 0 atom stereocenters. The number of rotatable bonds is 6. The van der Waals surface area contributed by atoms with E-state index in [1.54, 1.807) is 0 Å². The minimum Gasteiger partial charge on any atom is -0.480 e. The van der Waals surface area contributed by atoms with E-state index in [0.717, 1.165) is 0 Å². The molecule has 0 saturated carbocycles. The molecule has 0 spiro atoms. The molecular weight excluding hydrogens is 166 g/mol. The zero-order valence-electron chi connectivity index (χ0n) is 8.63. The Morgan fingerprint density at radius 3 is 2.31 bits per heavy atom. The van der Waals surface area contributed by atoms with Crippen LogP contribution in [0.4, 0.5) is 0 Å². The Labute approximate surface area is 79.8 Å². The Kier molecular flexibility index (Phi) is 5.39. The average Bonchev–Trinajstić information content (AvgIpc) is 2.13. The van der Waals surface area contributed by atoms with E-state index < -0.39 is 11.5 Å². The predicted octanol–water partition coefficient (Wildman–Crippen LogP) is 1.80. The van der Waals surface area contributed by atoms with Gasteiger partial charge in [0.05, 0.1) is 0 Å². The maximum Gasteiger partial charge on any atom is 0.323 e. The second kappa shape index (κ2) is 5.75. The lowest BCUT2D eigenvalue weighted by atomic mass is 9.93. The third-order valence-corrected chi connectivity index (χ3v) is 2.41. The molecule has 0 heterocycles. The van der Waals surface area contributed by atoms with Crippen LogP contribution >= 0.6 is 0 Å². The van der Waals surface area contributed by atoms with Gasteiger partial charge in [-0.15, -0.1) is 0 Å². The predicted molar refractivity (Wildman–Crippen MR) is 53.8 cm³/mol. The maximum absolute atomic E-state index is 11.0. The summed E-state index contributed by atoms with van der Waals surface area (Å²) in [5, 5.41) is 12.1. The van der Waals surface area contributed by atoms with Crippen molar-refractivity contribution in [2.75, 3.05) is 6.54 Å². The van der Waals surface area contributed by atoms with Gasteiger partial charge >= 0.3 is 5.97 Å². The van der Waals surface area contributed by atoms with Crippen molar-refractivity contribution in [1.82, 2.24) is 5.32 Å². The molecule has 0 aromatic rings. The second-order valence-electron chi connectivity index (χ2n) is 3.04. The van der Waals surface area contributed by atoms with Crippen LogP contribution in [0.25, 0.3) is 0 Å². The molecule has 0 saturated heterocycles. The van der Waals surface area contributed by atoms with Crippen LogP contribution in [0.15, 0.2) is 12.2 Å². The van der Waals surface area contributed by atoms with Crippen molar-refractivity contribution in [2.45, 2.75) is 39.2 Å². The highest BCUT2D eigenvalue weighted by atomic mass is 16.4. The number of aliphatic carboxylic acids is 1. The summed E-state index contributed by atoms with van der Waals surface area (Å²) in [5.41, 5.74) is -0.750. The molecule has 13 heavy (non-hydrogen) atoms. The van der Waals surface area contributed by atoms with Crippen LogP contribution in [-0.2, 0) is 4.79 Å². The van der Waals surface area contributed by atoms with Gasteiger partial charge in [-0.05, 0) is 19.8 Å².